The normalized spacial score (nSPS) is 10.9. The number of aromatic nitrogens is 6. The molecule has 0 saturated heterocycles. The lowest BCUT2D eigenvalue weighted by Crippen LogP contribution is -2.19. The van der Waals surface area contributed by atoms with Gasteiger partial charge in [-0.05, 0) is 19.1 Å². The summed E-state index contributed by atoms with van der Waals surface area (Å²) in [6.45, 7) is 2.63. The molecule has 0 aliphatic rings. The summed E-state index contributed by atoms with van der Waals surface area (Å²) >= 11 is 0. The Morgan fingerprint density at radius 3 is 2.86 bits per heavy atom. The van der Waals surface area contributed by atoms with E-state index in [2.05, 4.69) is 25.6 Å². The van der Waals surface area contributed by atoms with Gasteiger partial charge >= 0.3 is 0 Å². The van der Waals surface area contributed by atoms with Crippen LogP contribution < -0.4 is 10.1 Å². The molecule has 0 aliphatic carbocycles. The zero-order valence-corrected chi connectivity index (χ0v) is 15.5. The van der Waals surface area contributed by atoms with E-state index in [0.29, 0.717) is 18.1 Å². The van der Waals surface area contributed by atoms with Gasteiger partial charge in [-0.2, -0.15) is 15.0 Å². The first kappa shape index (κ1) is 17.7. The molecule has 1 N–H and O–H groups in total. The van der Waals surface area contributed by atoms with E-state index in [9.17, 15) is 4.79 Å². The number of hydrogen-bond donors (Lipinski definition) is 1. The molecule has 4 rings (SSSR count). The van der Waals surface area contributed by atoms with Crippen molar-refractivity contribution >= 4 is 22.6 Å². The molecule has 3 aromatic heterocycles. The van der Waals surface area contributed by atoms with Gasteiger partial charge < -0.3 is 10.1 Å². The van der Waals surface area contributed by atoms with Gasteiger partial charge in [0.05, 0.1) is 31.7 Å². The van der Waals surface area contributed by atoms with E-state index < -0.39 is 0 Å². The maximum Gasteiger partial charge on any atom is 0.247 e. The first-order valence-electron chi connectivity index (χ1n) is 8.83. The monoisotopic (exact) mass is 377 g/mol. The van der Waals surface area contributed by atoms with Crippen molar-refractivity contribution in [1.82, 2.24) is 29.8 Å². The van der Waals surface area contributed by atoms with Crippen molar-refractivity contribution in [1.29, 1.82) is 0 Å². The van der Waals surface area contributed by atoms with Gasteiger partial charge in [-0.15, -0.1) is 5.10 Å². The third-order valence-corrected chi connectivity index (χ3v) is 4.22. The van der Waals surface area contributed by atoms with Crippen molar-refractivity contribution in [2.45, 2.75) is 20.0 Å². The summed E-state index contributed by atoms with van der Waals surface area (Å²) in [7, 11) is 1.62. The van der Waals surface area contributed by atoms with Crippen LogP contribution in [0.5, 0.6) is 5.75 Å². The van der Waals surface area contributed by atoms with Crippen LogP contribution in [-0.4, -0.2) is 42.8 Å². The Hall–Kier alpha value is -3.75. The van der Waals surface area contributed by atoms with Gasteiger partial charge in [0.1, 0.15) is 17.8 Å². The highest BCUT2D eigenvalue weighted by atomic mass is 16.5. The lowest BCUT2D eigenvalue weighted by atomic mass is 10.1. The number of nitrogens with one attached hydrogen (secondary N) is 1. The van der Waals surface area contributed by atoms with Gasteiger partial charge in [-0.3, -0.25) is 9.48 Å². The Labute approximate surface area is 160 Å². The number of aryl methyl sites for hydroxylation is 1. The summed E-state index contributed by atoms with van der Waals surface area (Å²) in [6.07, 6.45) is 4.98. The third kappa shape index (κ3) is 3.54. The summed E-state index contributed by atoms with van der Waals surface area (Å²) < 4.78 is 6.95. The predicted molar refractivity (Wildman–Crippen MR) is 104 cm³/mol. The second-order valence-corrected chi connectivity index (χ2v) is 6.12. The molecule has 0 radical (unpaired) electrons. The minimum absolute atomic E-state index is 0.0654. The number of nitrogens with zero attached hydrogens (tertiary/aromatic N) is 6. The minimum Gasteiger partial charge on any atom is -0.494 e. The Balaban J connectivity index is 1.51. The summed E-state index contributed by atoms with van der Waals surface area (Å²) in [5.41, 5.74) is 2.36. The number of ether oxygens (including phenoxy) is 1. The van der Waals surface area contributed by atoms with Gasteiger partial charge in [-0.1, -0.05) is 18.2 Å². The fourth-order valence-electron chi connectivity index (χ4n) is 2.86. The van der Waals surface area contributed by atoms with Crippen LogP contribution >= 0.6 is 0 Å². The van der Waals surface area contributed by atoms with Crippen molar-refractivity contribution in [3.63, 3.8) is 0 Å². The Bertz CT molecular complexity index is 1130. The molecule has 28 heavy (non-hydrogen) atoms. The lowest BCUT2D eigenvalue weighted by molar-refractivity contribution is -0.116. The number of carbonyl (C=O) groups excluding carboxylic acids is 1. The molecular formula is C19H19N7O2. The largest absolute Gasteiger partial charge is 0.494 e. The van der Waals surface area contributed by atoms with Crippen LogP contribution in [-0.2, 0) is 17.9 Å². The number of fused-ring (bicyclic) bond motifs is 1. The first-order chi connectivity index (χ1) is 13.7. The molecule has 0 unspecified atom stereocenters. The average molecular weight is 377 g/mol. The van der Waals surface area contributed by atoms with Crippen molar-refractivity contribution in [2.75, 3.05) is 12.4 Å². The lowest BCUT2D eigenvalue weighted by Gasteiger charge is -2.06. The van der Waals surface area contributed by atoms with Crippen LogP contribution in [0.1, 0.15) is 6.92 Å². The zero-order valence-electron chi connectivity index (χ0n) is 15.5. The molecule has 0 spiro atoms. The van der Waals surface area contributed by atoms with Crippen molar-refractivity contribution in [3.05, 3.63) is 48.9 Å². The maximum atomic E-state index is 12.2. The molecule has 142 valence electrons. The standard InChI is InChI=1S/C19H19N7O2/c1-3-26-21-10-17(24-26)23-18(27)12-25-11-14(9-20-25)15-8-7-13-5-4-6-16(28-2)19(13)22-15/h4-11H,3,12H2,1-2H3,(H,23,24,27). The molecule has 0 aliphatic heterocycles. The maximum absolute atomic E-state index is 12.2. The van der Waals surface area contributed by atoms with Crippen LogP contribution in [0, 0.1) is 0 Å². The van der Waals surface area contributed by atoms with E-state index in [1.165, 1.54) is 11.0 Å². The van der Waals surface area contributed by atoms with Gasteiger partial charge in [0.15, 0.2) is 5.82 Å². The van der Waals surface area contributed by atoms with E-state index >= 15 is 0 Å². The second-order valence-electron chi connectivity index (χ2n) is 6.12. The molecule has 9 heteroatoms. The highest BCUT2D eigenvalue weighted by Gasteiger charge is 2.11. The number of amides is 1. The molecular weight excluding hydrogens is 358 g/mol. The third-order valence-electron chi connectivity index (χ3n) is 4.22. The Morgan fingerprint density at radius 1 is 1.18 bits per heavy atom. The average Bonchev–Trinajstić information content (AvgIpc) is 3.36. The van der Waals surface area contributed by atoms with Gasteiger partial charge in [-0.25, -0.2) is 4.98 Å². The predicted octanol–water partition coefficient (Wildman–Crippen LogP) is 2.36. The van der Waals surface area contributed by atoms with Crippen LogP contribution in [0.15, 0.2) is 48.9 Å². The zero-order chi connectivity index (χ0) is 19.5. The van der Waals surface area contributed by atoms with Crippen LogP contribution in [0.4, 0.5) is 5.82 Å². The number of para-hydroxylation sites is 1. The molecule has 0 fully saturated rings. The fraction of sp³-hybridized carbons (Fsp3) is 0.211. The first-order valence-corrected chi connectivity index (χ1v) is 8.83. The van der Waals surface area contributed by atoms with Crippen LogP contribution in [0.3, 0.4) is 0 Å². The Kier molecular flexibility index (Phi) is 4.71. The Morgan fingerprint density at radius 2 is 2.07 bits per heavy atom. The number of benzene rings is 1. The van der Waals surface area contributed by atoms with E-state index in [1.54, 1.807) is 24.2 Å². The summed E-state index contributed by atoms with van der Waals surface area (Å²) in [5.74, 6) is 0.903. The van der Waals surface area contributed by atoms with Crippen LogP contribution in [0.2, 0.25) is 0 Å². The molecule has 0 saturated carbocycles. The quantitative estimate of drug-likeness (QED) is 0.554. The summed E-state index contributed by atoms with van der Waals surface area (Å²) in [4.78, 5) is 18.4. The molecule has 1 aromatic carbocycles. The topological polar surface area (TPSA) is 99.8 Å². The fourth-order valence-corrected chi connectivity index (χ4v) is 2.86. The highest BCUT2D eigenvalue weighted by Crippen LogP contribution is 2.26. The van der Waals surface area contributed by atoms with Gasteiger partial charge in [0.2, 0.25) is 5.91 Å². The molecule has 4 aromatic rings. The highest BCUT2D eigenvalue weighted by molar-refractivity contribution is 5.89. The minimum atomic E-state index is -0.231. The molecule has 9 nitrogen and oxygen atoms in total. The van der Waals surface area contributed by atoms with Crippen molar-refractivity contribution < 1.29 is 9.53 Å². The molecule has 0 atom stereocenters. The molecule has 0 bridgehead atoms. The summed E-state index contributed by atoms with van der Waals surface area (Å²) in [6, 6.07) is 9.70. The summed E-state index contributed by atoms with van der Waals surface area (Å²) in [5, 5.41) is 16.1. The SMILES string of the molecule is CCn1ncc(NC(=O)Cn2cc(-c3ccc4cccc(OC)c4n3)cn2)n1. The number of hydrogen-bond acceptors (Lipinski definition) is 6. The van der Waals surface area contributed by atoms with E-state index in [4.69, 9.17) is 4.74 Å². The van der Waals surface area contributed by atoms with Crippen molar-refractivity contribution in [3.8, 4) is 17.0 Å². The van der Waals surface area contributed by atoms with E-state index in [-0.39, 0.29) is 12.5 Å². The molecule has 1 amide bonds. The van der Waals surface area contributed by atoms with Gasteiger partial charge in [0, 0.05) is 17.1 Å². The number of rotatable bonds is 6. The number of carbonyl (C=O) groups is 1. The van der Waals surface area contributed by atoms with E-state index in [0.717, 1.165) is 22.2 Å². The van der Waals surface area contributed by atoms with E-state index in [1.807, 2.05) is 37.3 Å². The van der Waals surface area contributed by atoms with Crippen molar-refractivity contribution in [2.24, 2.45) is 0 Å². The molecule has 3 heterocycles. The van der Waals surface area contributed by atoms with Crippen LogP contribution in [0.25, 0.3) is 22.2 Å². The second kappa shape index (κ2) is 7.47. The number of methoxy groups -OCH3 is 1. The number of anilines is 1. The number of pyridine rings is 1. The smallest absolute Gasteiger partial charge is 0.247 e. The van der Waals surface area contributed by atoms with Gasteiger partial charge in [0.25, 0.3) is 0 Å².